The summed E-state index contributed by atoms with van der Waals surface area (Å²) in [4.78, 5) is 0. The molecule has 3 atom stereocenters. The average Bonchev–Trinajstić information content (AvgIpc) is 3.15. The number of sulfonamides is 2. The van der Waals surface area contributed by atoms with Gasteiger partial charge in [-0.05, 0) is 19.0 Å². The molecule has 1 aromatic heterocycles. The number of ether oxygens (including phenoxy) is 1. The first-order valence-electron chi connectivity index (χ1n) is 8.22. The molecule has 0 bridgehead atoms. The number of fused-ring (bicyclic) bond motifs is 1. The van der Waals surface area contributed by atoms with Crippen LogP contribution in [0.5, 0.6) is 0 Å². The molecule has 2 aliphatic heterocycles. The second-order valence-corrected chi connectivity index (χ2v) is 11.7. The molecule has 0 aromatic carbocycles. The molecule has 0 saturated carbocycles. The third-order valence-electron chi connectivity index (χ3n) is 4.99. The van der Waals surface area contributed by atoms with Gasteiger partial charge in [0.15, 0.2) is 4.21 Å². The minimum absolute atomic E-state index is 0. The van der Waals surface area contributed by atoms with Gasteiger partial charge >= 0.3 is 10.0 Å². The molecule has 26 heavy (non-hydrogen) atoms. The standard InChI is InChI=1S/C14H24N3O5S3.ClH/c1-3-6-16-11-9-17(7-4-5-12(17)22-2)25(20,21)14-10(11)8-13(23-14)24(15,18)19;/h8,11-12,16H,3-7,9H2,1-2H3,(H2,15,18,19);1H/q+1;/t11-,12?,17?;/m0./s1. The zero-order chi connectivity index (χ0) is 18.5. The SMILES string of the molecule is CCCN[C@H]1C[N+]2(CCCC2OC)S(=O)(=O)c2sc(S(N)(=O)=O)cc21.Cl. The highest BCUT2D eigenvalue weighted by atomic mass is 35.5. The molecule has 0 amide bonds. The first-order valence-corrected chi connectivity index (χ1v) is 12.0. The number of halogens is 1. The summed E-state index contributed by atoms with van der Waals surface area (Å²) in [6.45, 7) is 3.53. The van der Waals surface area contributed by atoms with E-state index < -0.39 is 26.3 Å². The molecule has 0 radical (unpaired) electrons. The quantitative estimate of drug-likeness (QED) is 0.655. The Morgan fingerprint density at radius 3 is 2.73 bits per heavy atom. The number of rotatable bonds is 5. The lowest BCUT2D eigenvalue weighted by molar-refractivity contribution is -0.847. The number of primary sulfonamides is 1. The summed E-state index contributed by atoms with van der Waals surface area (Å²) in [6.07, 6.45) is 1.86. The van der Waals surface area contributed by atoms with Gasteiger partial charge in [-0.2, -0.15) is 12.3 Å². The molecular formula is C14H25ClN3O5S3+. The van der Waals surface area contributed by atoms with E-state index in [4.69, 9.17) is 9.88 Å². The molecule has 150 valence electrons. The van der Waals surface area contributed by atoms with Gasteiger partial charge in [0.2, 0.25) is 16.3 Å². The Balaban J connectivity index is 0.00000243. The normalized spacial score (nSPS) is 30.1. The number of nitrogens with zero attached hydrogens (tertiary/aromatic N) is 1. The lowest BCUT2D eigenvalue weighted by Gasteiger charge is -2.42. The summed E-state index contributed by atoms with van der Waals surface area (Å²) < 4.78 is 55.6. The zero-order valence-electron chi connectivity index (χ0n) is 14.7. The fourth-order valence-corrected chi connectivity index (χ4v) is 8.85. The molecule has 12 heteroatoms. The summed E-state index contributed by atoms with van der Waals surface area (Å²) in [5.74, 6) is 0. The number of quaternary nitrogens is 1. The largest absolute Gasteiger partial charge is 0.339 e. The van der Waals surface area contributed by atoms with Crippen molar-refractivity contribution in [2.24, 2.45) is 5.14 Å². The maximum absolute atomic E-state index is 13.4. The van der Waals surface area contributed by atoms with Crippen LogP contribution in [-0.2, 0) is 24.8 Å². The second kappa shape index (κ2) is 7.63. The van der Waals surface area contributed by atoms with Crippen molar-refractivity contribution in [1.29, 1.82) is 0 Å². The van der Waals surface area contributed by atoms with Gasteiger partial charge in [0, 0.05) is 25.5 Å². The monoisotopic (exact) mass is 446 g/mol. The van der Waals surface area contributed by atoms with Crippen molar-refractivity contribution in [2.45, 2.75) is 46.9 Å². The summed E-state index contributed by atoms with van der Waals surface area (Å²) in [6, 6.07) is 1.16. The van der Waals surface area contributed by atoms with E-state index in [1.54, 1.807) is 0 Å². The van der Waals surface area contributed by atoms with Gasteiger partial charge in [-0.25, -0.2) is 13.6 Å². The molecule has 2 unspecified atom stereocenters. The smallest absolute Gasteiger partial charge is 0.331 e. The summed E-state index contributed by atoms with van der Waals surface area (Å²) in [5, 5.41) is 8.60. The van der Waals surface area contributed by atoms with Crippen molar-refractivity contribution >= 4 is 43.8 Å². The van der Waals surface area contributed by atoms with Crippen molar-refractivity contribution in [3.8, 4) is 0 Å². The molecule has 3 rings (SSSR count). The van der Waals surface area contributed by atoms with Gasteiger partial charge in [-0.1, -0.05) is 6.92 Å². The molecule has 2 aliphatic rings. The van der Waals surface area contributed by atoms with E-state index in [2.05, 4.69) is 5.32 Å². The van der Waals surface area contributed by atoms with Crippen molar-refractivity contribution < 1.29 is 25.5 Å². The van der Waals surface area contributed by atoms with Crippen LogP contribution in [0.2, 0.25) is 0 Å². The maximum Gasteiger partial charge on any atom is 0.339 e. The molecule has 1 fully saturated rings. The zero-order valence-corrected chi connectivity index (χ0v) is 17.9. The molecule has 8 nitrogen and oxygen atoms in total. The first kappa shape index (κ1) is 22.0. The number of nitrogens with two attached hydrogens (primary N) is 1. The highest BCUT2D eigenvalue weighted by Gasteiger charge is 2.59. The van der Waals surface area contributed by atoms with Gasteiger partial charge in [-0.3, -0.25) is 0 Å². The van der Waals surface area contributed by atoms with Crippen molar-refractivity contribution in [1.82, 2.24) is 5.32 Å². The Morgan fingerprint density at radius 1 is 1.46 bits per heavy atom. The molecule has 1 aromatic rings. The van der Waals surface area contributed by atoms with E-state index in [-0.39, 0.29) is 30.8 Å². The predicted octanol–water partition coefficient (Wildman–Crippen LogP) is 1.14. The molecule has 0 aliphatic carbocycles. The molecular weight excluding hydrogens is 422 g/mol. The van der Waals surface area contributed by atoms with Gasteiger partial charge in [0.05, 0.1) is 12.6 Å². The van der Waals surface area contributed by atoms with Gasteiger partial charge in [-0.15, -0.1) is 23.7 Å². The van der Waals surface area contributed by atoms with Crippen molar-refractivity contribution in [3.63, 3.8) is 0 Å². The second-order valence-electron chi connectivity index (χ2n) is 6.53. The summed E-state index contributed by atoms with van der Waals surface area (Å²) >= 11 is 0.748. The van der Waals surface area contributed by atoms with E-state index in [0.29, 0.717) is 31.6 Å². The van der Waals surface area contributed by atoms with Gasteiger partial charge < -0.3 is 10.1 Å². The summed E-state index contributed by atoms with van der Waals surface area (Å²) in [7, 11) is -6.20. The van der Waals surface area contributed by atoms with Crippen LogP contribution >= 0.6 is 23.7 Å². The van der Waals surface area contributed by atoms with Gasteiger partial charge in [0.25, 0.3) is 0 Å². The van der Waals surface area contributed by atoms with Crippen LogP contribution in [0.25, 0.3) is 0 Å². The van der Waals surface area contributed by atoms with Crippen molar-refractivity contribution in [2.75, 3.05) is 26.7 Å². The number of hydrogen-bond acceptors (Lipinski definition) is 7. The average molecular weight is 447 g/mol. The van der Waals surface area contributed by atoms with Crippen LogP contribution in [0.15, 0.2) is 14.5 Å². The fraction of sp³-hybridized carbons (Fsp3) is 0.714. The van der Waals surface area contributed by atoms with Crippen LogP contribution < -0.4 is 10.5 Å². The van der Waals surface area contributed by atoms with Crippen LogP contribution in [0, 0.1) is 0 Å². The van der Waals surface area contributed by atoms with Crippen molar-refractivity contribution in [3.05, 3.63) is 11.6 Å². The van der Waals surface area contributed by atoms with E-state index in [1.165, 1.54) is 13.2 Å². The van der Waals surface area contributed by atoms with E-state index in [0.717, 1.165) is 24.2 Å². The number of thiophene rings is 1. The Morgan fingerprint density at radius 2 is 2.15 bits per heavy atom. The minimum Gasteiger partial charge on any atom is -0.331 e. The van der Waals surface area contributed by atoms with E-state index in [9.17, 15) is 16.8 Å². The third kappa shape index (κ3) is 3.32. The fourth-order valence-electron chi connectivity index (χ4n) is 3.82. The van der Waals surface area contributed by atoms with Crippen LogP contribution in [0.3, 0.4) is 0 Å². The van der Waals surface area contributed by atoms with Crippen LogP contribution in [0.4, 0.5) is 0 Å². The van der Waals surface area contributed by atoms with E-state index in [1.807, 2.05) is 6.92 Å². The number of hydrogen-bond donors (Lipinski definition) is 2. The Kier molecular flexibility index (Phi) is 6.46. The lowest BCUT2D eigenvalue weighted by atomic mass is 10.1. The van der Waals surface area contributed by atoms with E-state index >= 15 is 0 Å². The molecule has 1 spiro atoms. The van der Waals surface area contributed by atoms with Gasteiger partial charge in [0.1, 0.15) is 10.8 Å². The topological polar surface area (TPSA) is 116 Å². The predicted molar refractivity (Wildman–Crippen MR) is 101 cm³/mol. The maximum atomic E-state index is 13.4. The Labute approximate surface area is 164 Å². The van der Waals surface area contributed by atoms with Crippen LogP contribution in [0.1, 0.15) is 37.8 Å². The number of methoxy groups -OCH3 is 1. The lowest BCUT2D eigenvalue weighted by Crippen LogP contribution is -2.61. The summed E-state index contributed by atoms with van der Waals surface area (Å²) in [5.41, 5.74) is 0.507. The third-order valence-corrected chi connectivity index (χ3v) is 10.5. The Bertz CT molecular complexity index is 870. The highest BCUT2D eigenvalue weighted by molar-refractivity contribution is 7.92. The first-order chi connectivity index (χ1) is 11.7. The highest BCUT2D eigenvalue weighted by Crippen LogP contribution is 2.47. The minimum atomic E-state index is -3.96. The molecule has 1 saturated heterocycles. The molecule has 3 N–H and O–H groups in total. The Hall–Kier alpha value is -0.270. The van der Waals surface area contributed by atoms with Crippen LogP contribution in [-0.4, -0.2) is 53.7 Å². The molecule has 3 heterocycles. The number of nitrogens with one attached hydrogen (secondary N) is 1.